The smallest absolute Gasteiger partial charge is 0.148 e. The van der Waals surface area contributed by atoms with Gasteiger partial charge in [0, 0.05) is 4.91 Å². The number of rotatable bonds is 1. The molecule has 0 aliphatic carbocycles. The van der Waals surface area contributed by atoms with Gasteiger partial charge in [-0.25, -0.2) is 4.39 Å². The van der Waals surface area contributed by atoms with Gasteiger partial charge in [0.25, 0.3) is 0 Å². The topological polar surface area (TPSA) is 72.5 Å². The van der Waals surface area contributed by atoms with Crippen molar-refractivity contribution in [2.24, 2.45) is 5.11 Å². The van der Waals surface area contributed by atoms with Crippen molar-refractivity contribution in [2.75, 3.05) is 0 Å². The van der Waals surface area contributed by atoms with Crippen LogP contribution in [0, 0.1) is 17.1 Å². The molecule has 64 valence electrons. The molecule has 0 aromatic heterocycles. The molecule has 0 fully saturated rings. The Morgan fingerprint density at radius 2 is 2.31 bits per heavy atom. The lowest BCUT2D eigenvalue weighted by Gasteiger charge is -1.99. The minimum Gasteiger partial charge on any atom is -0.205 e. The molecule has 0 bridgehead atoms. The lowest BCUT2D eigenvalue weighted by molar-refractivity contribution is 0.622. The Kier molecular flexibility index (Phi) is 2.85. The summed E-state index contributed by atoms with van der Waals surface area (Å²) in [6.07, 6.45) is 0. The predicted molar refractivity (Wildman–Crippen MR) is 47.6 cm³/mol. The molecule has 4 nitrogen and oxygen atoms in total. The Morgan fingerprint density at radius 3 is 2.85 bits per heavy atom. The largest absolute Gasteiger partial charge is 0.205 e. The van der Waals surface area contributed by atoms with E-state index >= 15 is 0 Å². The van der Waals surface area contributed by atoms with Crippen molar-refractivity contribution >= 4 is 21.6 Å². The second kappa shape index (κ2) is 3.90. The zero-order valence-corrected chi connectivity index (χ0v) is 7.79. The molecule has 0 saturated heterocycles. The Morgan fingerprint density at radius 1 is 1.62 bits per heavy atom. The summed E-state index contributed by atoms with van der Waals surface area (Å²) in [4.78, 5) is 2.44. The van der Waals surface area contributed by atoms with Gasteiger partial charge in [-0.05, 0) is 33.6 Å². The van der Waals surface area contributed by atoms with Crippen molar-refractivity contribution in [1.29, 1.82) is 5.26 Å². The molecular formula is C7H2BrFN4. The first kappa shape index (κ1) is 9.52. The molecule has 0 radical (unpaired) electrons. The lowest BCUT2D eigenvalue weighted by Crippen LogP contribution is -1.83. The number of hydrogen-bond acceptors (Lipinski definition) is 2. The van der Waals surface area contributed by atoms with Gasteiger partial charge in [0.05, 0.1) is 15.7 Å². The number of nitriles is 1. The van der Waals surface area contributed by atoms with Crippen LogP contribution in [0.5, 0.6) is 0 Å². The first-order valence-electron chi connectivity index (χ1n) is 3.14. The molecule has 0 aliphatic heterocycles. The SMILES string of the molecule is N#Cc1ccc(N=[N+]=[N-])c(F)c1Br. The Labute approximate surface area is 81.4 Å². The van der Waals surface area contributed by atoms with Crippen LogP contribution in [0.3, 0.4) is 0 Å². The molecule has 6 heteroatoms. The van der Waals surface area contributed by atoms with E-state index in [0.29, 0.717) is 0 Å². The van der Waals surface area contributed by atoms with Gasteiger partial charge in [-0.2, -0.15) is 5.26 Å². The molecule has 1 aromatic rings. The summed E-state index contributed by atoms with van der Waals surface area (Å²) in [6, 6.07) is 4.40. The van der Waals surface area contributed by atoms with Crippen molar-refractivity contribution in [3.05, 3.63) is 38.4 Å². The number of hydrogen-bond donors (Lipinski definition) is 0. The van der Waals surface area contributed by atoms with Crippen molar-refractivity contribution in [3.8, 4) is 6.07 Å². The van der Waals surface area contributed by atoms with Crippen LogP contribution in [-0.4, -0.2) is 0 Å². The molecule has 1 aromatic carbocycles. The van der Waals surface area contributed by atoms with Gasteiger partial charge in [-0.1, -0.05) is 5.11 Å². The minimum atomic E-state index is -0.725. The molecule has 0 aliphatic rings. The van der Waals surface area contributed by atoms with Crippen LogP contribution in [0.25, 0.3) is 10.4 Å². The van der Waals surface area contributed by atoms with E-state index in [1.165, 1.54) is 12.1 Å². The highest BCUT2D eigenvalue weighted by atomic mass is 79.9. The van der Waals surface area contributed by atoms with Gasteiger partial charge < -0.3 is 0 Å². The van der Waals surface area contributed by atoms with Crippen molar-refractivity contribution in [2.45, 2.75) is 0 Å². The van der Waals surface area contributed by atoms with Crippen LogP contribution in [0.4, 0.5) is 10.1 Å². The molecule has 0 amide bonds. The summed E-state index contributed by atoms with van der Waals surface area (Å²) in [5.74, 6) is -0.725. The second-order valence-electron chi connectivity index (χ2n) is 2.06. The fraction of sp³-hybridized carbons (Fsp3) is 0. The molecule has 0 N–H and O–H groups in total. The quantitative estimate of drug-likeness (QED) is 0.421. The van der Waals surface area contributed by atoms with Crippen LogP contribution in [-0.2, 0) is 0 Å². The third kappa shape index (κ3) is 1.78. The van der Waals surface area contributed by atoms with Crippen LogP contribution >= 0.6 is 15.9 Å². The summed E-state index contributed by atoms with van der Waals surface area (Å²) in [7, 11) is 0. The van der Waals surface area contributed by atoms with Gasteiger partial charge in [0.2, 0.25) is 0 Å². The van der Waals surface area contributed by atoms with Crippen LogP contribution in [0.1, 0.15) is 5.56 Å². The highest BCUT2D eigenvalue weighted by Crippen LogP contribution is 2.28. The molecule has 0 spiro atoms. The Bertz CT molecular complexity index is 431. The van der Waals surface area contributed by atoms with E-state index in [4.69, 9.17) is 10.8 Å². The number of halogens is 2. The monoisotopic (exact) mass is 240 g/mol. The van der Waals surface area contributed by atoms with E-state index in [0.717, 1.165) is 0 Å². The third-order valence-electron chi connectivity index (χ3n) is 1.33. The van der Waals surface area contributed by atoms with Crippen LogP contribution in [0.15, 0.2) is 21.7 Å². The number of nitrogens with zero attached hydrogens (tertiary/aromatic N) is 4. The van der Waals surface area contributed by atoms with Crippen molar-refractivity contribution < 1.29 is 4.39 Å². The van der Waals surface area contributed by atoms with E-state index in [-0.39, 0.29) is 15.7 Å². The zero-order valence-electron chi connectivity index (χ0n) is 6.20. The molecule has 1 rings (SSSR count). The summed E-state index contributed by atoms with van der Waals surface area (Å²) >= 11 is 2.88. The average molecular weight is 241 g/mol. The minimum absolute atomic E-state index is 0.0138. The van der Waals surface area contributed by atoms with Gasteiger partial charge in [-0.15, -0.1) is 0 Å². The van der Waals surface area contributed by atoms with E-state index in [2.05, 4.69) is 26.0 Å². The molecule has 13 heavy (non-hydrogen) atoms. The van der Waals surface area contributed by atoms with Gasteiger partial charge in [0.1, 0.15) is 11.9 Å². The summed E-state index contributed by atoms with van der Waals surface area (Å²) in [5.41, 5.74) is 8.10. The third-order valence-corrected chi connectivity index (χ3v) is 2.11. The molecular weight excluding hydrogens is 239 g/mol. The van der Waals surface area contributed by atoms with Gasteiger partial charge in [0.15, 0.2) is 0 Å². The number of azide groups is 1. The molecule has 0 atom stereocenters. The molecule has 0 heterocycles. The van der Waals surface area contributed by atoms with E-state index < -0.39 is 5.82 Å². The van der Waals surface area contributed by atoms with E-state index in [1.807, 2.05) is 0 Å². The fourth-order valence-electron chi connectivity index (χ4n) is 0.751. The lowest BCUT2D eigenvalue weighted by atomic mass is 10.2. The van der Waals surface area contributed by atoms with Crippen molar-refractivity contribution in [1.82, 2.24) is 0 Å². The van der Waals surface area contributed by atoms with Gasteiger partial charge >= 0.3 is 0 Å². The fourth-order valence-corrected chi connectivity index (χ4v) is 1.17. The maximum Gasteiger partial charge on any atom is 0.148 e. The number of benzene rings is 1. The maximum absolute atomic E-state index is 13.2. The Hall–Kier alpha value is -1.57. The van der Waals surface area contributed by atoms with Crippen LogP contribution < -0.4 is 0 Å². The highest BCUT2D eigenvalue weighted by Gasteiger charge is 2.09. The summed E-state index contributed by atoms with van der Waals surface area (Å²) < 4.78 is 13.2. The highest BCUT2D eigenvalue weighted by molar-refractivity contribution is 9.10. The zero-order chi connectivity index (χ0) is 9.84. The van der Waals surface area contributed by atoms with Gasteiger partial charge in [-0.3, -0.25) is 0 Å². The van der Waals surface area contributed by atoms with Crippen LogP contribution in [0.2, 0.25) is 0 Å². The normalized spacial score (nSPS) is 8.69. The first-order chi connectivity index (χ1) is 6.20. The first-order valence-corrected chi connectivity index (χ1v) is 3.93. The molecule has 0 unspecified atom stereocenters. The Balaban J connectivity index is 3.41. The van der Waals surface area contributed by atoms with E-state index in [1.54, 1.807) is 6.07 Å². The summed E-state index contributed by atoms with van der Waals surface area (Å²) in [6.45, 7) is 0. The average Bonchev–Trinajstić information content (AvgIpc) is 2.14. The predicted octanol–water partition coefficient (Wildman–Crippen LogP) is 3.40. The van der Waals surface area contributed by atoms with E-state index in [9.17, 15) is 4.39 Å². The standard InChI is InChI=1S/C7H2BrFN4/c8-6-4(3-10)1-2-5(7(6)9)12-13-11/h1-2H. The maximum atomic E-state index is 13.2. The summed E-state index contributed by atoms with van der Waals surface area (Å²) in [5, 5.41) is 11.6. The molecule has 0 saturated carbocycles. The van der Waals surface area contributed by atoms with Crippen molar-refractivity contribution in [3.63, 3.8) is 0 Å². The second-order valence-corrected chi connectivity index (χ2v) is 2.85.